The van der Waals surface area contributed by atoms with E-state index >= 15 is 0 Å². The zero-order chi connectivity index (χ0) is 17.0. The van der Waals surface area contributed by atoms with Gasteiger partial charge in [0.05, 0.1) is 5.69 Å². The van der Waals surface area contributed by atoms with Crippen molar-refractivity contribution in [2.45, 2.75) is 19.0 Å². The van der Waals surface area contributed by atoms with Crippen molar-refractivity contribution < 1.29 is 9.59 Å². The molecule has 0 aromatic heterocycles. The van der Waals surface area contributed by atoms with Gasteiger partial charge in [-0.25, -0.2) is 9.69 Å². The Morgan fingerprint density at radius 3 is 2.40 bits per heavy atom. The summed E-state index contributed by atoms with van der Waals surface area (Å²) in [5.74, 6) is -0.129. The highest BCUT2D eigenvalue weighted by atomic mass is 16.2. The van der Waals surface area contributed by atoms with Gasteiger partial charge in [0, 0.05) is 18.4 Å². The molecule has 2 heterocycles. The maximum Gasteiger partial charge on any atom is 0.332 e. The number of carbonyl (C=O) groups is 2. The molecule has 4 nitrogen and oxygen atoms in total. The number of hydrogen-bond acceptors (Lipinski definition) is 2. The summed E-state index contributed by atoms with van der Waals surface area (Å²) < 4.78 is 0. The van der Waals surface area contributed by atoms with Crippen molar-refractivity contribution in [3.05, 3.63) is 77.9 Å². The topological polar surface area (TPSA) is 40.6 Å². The molecule has 4 heteroatoms. The summed E-state index contributed by atoms with van der Waals surface area (Å²) in [7, 11) is 0. The lowest BCUT2D eigenvalue weighted by Gasteiger charge is -2.28. The van der Waals surface area contributed by atoms with E-state index in [9.17, 15) is 9.59 Å². The highest BCUT2D eigenvalue weighted by molar-refractivity contribution is 6.24. The van der Waals surface area contributed by atoms with Crippen LogP contribution >= 0.6 is 0 Å². The van der Waals surface area contributed by atoms with E-state index in [1.165, 1.54) is 4.90 Å². The van der Waals surface area contributed by atoms with Crippen LogP contribution in [0.4, 0.5) is 10.5 Å². The van der Waals surface area contributed by atoms with Gasteiger partial charge >= 0.3 is 6.03 Å². The van der Waals surface area contributed by atoms with Gasteiger partial charge in [-0.3, -0.25) is 4.79 Å². The standard InChI is InChI=1S/C21H16N2O2/c24-20-19-12-15-7-1-2-8-16(15)13-22(19)21(25)23(20)18-11-5-9-14-6-3-4-10-17(14)18/h1-11,19H,12-13H2/t19-/m0/s1. The summed E-state index contributed by atoms with van der Waals surface area (Å²) >= 11 is 0. The summed E-state index contributed by atoms with van der Waals surface area (Å²) in [5, 5.41) is 1.94. The third-order valence-electron chi connectivity index (χ3n) is 5.20. The number of nitrogens with zero attached hydrogens (tertiary/aromatic N) is 2. The number of imide groups is 1. The van der Waals surface area contributed by atoms with Crippen molar-refractivity contribution >= 4 is 28.4 Å². The van der Waals surface area contributed by atoms with E-state index in [0.717, 1.165) is 21.9 Å². The Balaban J connectivity index is 1.61. The van der Waals surface area contributed by atoms with E-state index in [0.29, 0.717) is 18.7 Å². The Hall–Kier alpha value is -3.14. The van der Waals surface area contributed by atoms with Gasteiger partial charge in [-0.15, -0.1) is 0 Å². The van der Waals surface area contributed by atoms with Crippen LogP contribution in [0, 0.1) is 0 Å². The molecule has 0 aliphatic carbocycles. The molecule has 5 rings (SSSR count). The molecule has 25 heavy (non-hydrogen) atoms. The molecule has 0 unspecified atom stereocenters. The fraction of sp³-hybridized carbons (Fsp3) is 0.143. The van der Waals surface area contributed by atoms with E-state index in [1.807, 2.05) is 66.7 Å². The molecule has 0 saturated carbocycles. The third kappa shape index (κ3) is 2.00. The van der Waals surface area contributed by atoms with Gasteiger partial charge in [-0.2, -0.15) is 0 Å². The summed E-state index contributed by atoms with van der Waals surface area (Å²) in [6, 6.07) is 21.0. The number of anilines is 1. The van der Waals surface area contributed by atoms with Gasteiger partial charge < -0.3 is 4.90 Å². The molecule has 0 N–H and O–H groups in total. The van der Waals surface area contributed by atoms with E-state index in [2.05, 4.69) is 0 Å². The highest BCUT2D eigenvalue weighted by Gasteiger charge is 2.48. The van der Waals surface area contributed by atoms with Crippen LogP contribution in [0.5, 0.6) is 0 Å². The zero-order valence-electron chi connectivity index (χ0n) is 13.6. The normalized spacial score (nSPS) is 19.3. The van der Waals surface area contributed by atoms with Gasteiger partial charge in [0.2, 0.25) is 0 Å². The largest absolute Gasteiger partial charge is 0.332 e. The molecule has 0 radical (unpaired) electrons. The first-order chi connectivity index (χ1) is 12.2. The molecule has 2 aliphatic rings. The van der Waals surface area contributed by atoms with Crippen molar-refractivity contribution in [3.63, 3.8) is 0 Å². The Labute approximate surface area is 145 Å². The van der Waals surface area contributed by atoms with E-state index < -0.39 is 6.04 Å². The van der Waals surface area contributed by atoms with Gasteiger partial charge in [-0.1, -0.05) is 60.7 Å². The molecule has 122 valence electrons. The highest BCUT2D eigenvalue weighted by Crippen LogP contribution is 2.35. The maximum absolute atomic E-state index is 13.1. The van der Waals surface area contributed by atoms with Crippen LogP contribution in [0.15, 0.2) is 66.7 Å². The first-order valence-corrected chi connectivity index (χ1v) is 8.43. The molecule has 1 saturated heterocycles. The van der Waals surface area contributed by atoms with Crippen molar-refractivity contribution in [1.82, 2.24) is 4.90 Å². The molecule has 3 amide bonds. The molecule has 0 spiro atoms. The van der Waals surface area contributed by atoms with Crippen molar-refractivity contribution in [3.8, 4) is 0 Å². The second-order valence-electron chi connectivity index (χ2n) is 6.57. The Bertz CT molecular complexity index is 979. The van der Waals surface area contributed by atoms with E-state index in [-0.39, 0.29) is 11.9 Å². The monoisotopic (exact) mass is 328 g/mol. The van der Waals surface area contributed by atoms with Crippen LogP contribution in [0.25, 0.3) is 10.8 Å². The van der Waals surface area contributed by atoms with Gasteiger partial charge in [0.1, 0.15) is 6.04 Å². The van der Waals surface area contributed by atoms with Crippen molar-refractivity contribution in [2.75, 3.05) is 4.90 Å². The molecular weight excluding hydrogens is 312 g/mol. The number of hydrogen-bond donors (Lipinski definition) is 0. The van der Waals surface area contributed by atoms with Crippen LogP contribution in [0.1, 0.15) is 11.1 Å². The number of carbonyl (C=O) groups excluding carboxylic acids is 2. The number of rotatable bonds is 1. The van der Waals surface area contributed by atoms with Crippen LogP contribution in [0.2, 0.25) is 0 Å². The maximum atomic E-state index is 13.1. The summed E-state index contributed by atoms with van der Waals surface area (Å²) in [4.78, 5) is 29.2. The second kappa shape index (κ2) is 5.18. The number of urea groups is 1. The molecule has 3 aromatic rings. The SMILES string of the molecule is O=C1[C@@H]2Cc3ccccc3CN2C(=O)N1c1cccc2ccccc12. The van der Waals surface area contributed by atoms with Crippen LogP contribution in [-0.4, -0.2) is 22.9 Å². The fourth-order valence-corrected chi connectivity index (χ4v) is 3.94. The third-order valence-corrected chi connectivity index (χ3v) is 5.20. The first kappa shape index (κ1) is 14.2. The zero-order valence-corrected chi connectivity index (χ0v) is 13.6. The lowest BCUT2D eigenvalue weighted by molar-refractivity contribution is -0.119. The summed E-state index contributed by atoms with van der Waals surface area (Å²) in [6.07, 6.45) is 0.585. The molecule has 1 atom stereocenters. The minimum Gasteiger partial charge on any atom is -0.307 e. The Kier molecular flexibility index (Phi) is 2.95. The van der Waals surface area contributed by atoms with E-state index in [4.69, 9.17) is 0 Å². The predicted molar refractivity (Wildman–Crippen MR) is 96.3 cm³/mol. The number of benzene rings is 3. The fourth-order valence-electron chi connectivity index (χ4n) is 3.94. The number of fused-ring (bicyclic) bond motifs is 3. The smallest absolute Gasteiger partial charge is 0.307 e. The minimum absolute atomic E-state index is 0.129. The summed E-state index contributed by atoms with van der Waals surface area (Å²) in [5.41, 5.74) is 2.95. The lowest BCUT2D eigenvalue weighted by atomic mass is 9.95. The van der Waals surface area contributed by atoms with Gasteiger partial charge in [-0.05, 0) is 22.6 Å². The average molecular weight is 328 g/mol. The first-order valence-electron chi connectivity index (χ1n) is 8.43. The molecule has 0 bridgehead atoms. The average Bonchev–Trinajstić information content (AvgIpc) is 2.90. The quantitative estimate of drug-likeness (QED) is 0.639. The molecule has 2 aliphatic heterocycles. The van der Waals surface area contributed by atoms with Crippen LogP contribution in [0.3, 0.4) is 0 Å². The minimum atomic E-state index is -0.402. The molecule has 3 aromatic carbocycles. The van der Waals surface area contributed by atoms with Crippen molar-refractivity contribution in [1.29, 1.82) is 0 Å². The summed E-state index contributed by atoms with van der Waals surface area (Å²) in [6.45, 7) is 0.493. The van der Waals surface area contributed by atoms with E-state index in [1.54, 1.807) is 4.90 Å². The predicted octanol–water partition coefficient (Wildman–Crippen LogP) is 3.73. The Morgan fingerprint density at radius 1 is 0.800 bits per heavy atom. The molecular formula is C21H16N2O2. The Morgan fingerprint density at radius 2 is 1.52 bits per heavy atom. The second-order valence-corrected chi connectivity index (χ2v) is 6.57. The van der Waals surface area contributed by atoms with Gasteiger partial charge in [0.15, 0.2) is 0 Å². The van der Waals surface area contributed by atoms with Crippen LogP contribution < -0.4 is 4.90 Å². The van der Waals surface area contributed by atoms with Crippen LogP contribution in [-0.2, 0) is 17.8 Å². The van der Waals surface area contributed by atoms with Gasteiger partial charge in [0.25, 0.3) is 5.91 Å². The van der Waals surface area contributed by atoms with Crippen molar-refractivity contribution in [2.24, 2.45) is 0 Å². The number of amides is 3. The molecule has 1 fully saturated rings. The lowest BCUT2D eigenvalue weighted by Crippen LogP contribution is -2.39.